The smallest absolute Gasteiger partial charge is 0.301 e. The third-order valence-corrected chi connectivity index (χ3v) is 5.27. The van der Waals surface area contributed by atoms with Crippen molar-refractivity contribution in [2.24, 2.45) is 5.10 Å². The molecule has 2 N–H and O–H groups in total. The topological polar surface area (TPSA) is 131 Å². The molecule has 0 saturated heterocycles. The van der Waals surface area contributed by atoms with Crippen molar-refractivity contribution >= 4 is 35.0 Å². The maximum Gasteiger partial charge on any atom is 0.301 e. The van der Waals surface area contributed by atoms with Gasteiger partial charge in [-0.2, -0.15) is 5.10 Å². The summed E-state index contributed by atoms with van der Waals surface area (Å²) in [4.78, 5) is 22.4. The maximum absolute atomic E-state index is 11.2. The molecule has 30 heavy (non-hydrogen) atoms. The van der Waals surface area contributed by atoms with Crippen molar-refractivity contribution in [3.8, 4) is 0 Å². The van der Waals surface area contributed by atoms with E-state index >= 15 is 0 Å². The molecule has 0 radical (unpaired) electrons. The number of hydrogen-bond acceptors (Lipinski definition) is 8. The Kier molecular flexibility index (Phi) is 6.73. The summed E-state index contributed by atoms with van der Waals surface area (Å²) in [6.45, 7) is -0.0786. The molecular weight excluding hydrogens is 408 g/mol. The Morgan fingerprint density at radius 1 is 0.967 bits per heavy atom. The molecule has 0 fully saturated rings. The largest absolute Gasteiger partial charge is 0.392 e. The van der Waals surface area contributed by atoms with Gasteiger partial charge < -0.3 is 5.11 Å². The van der Waals surface area contributed by atoms with Gasteiger partial charge >= 0.3 is 5.69 Å². The number of benzene rings is 3. The van der Waals surface area contributed by atoms with Gasteiger partial charge in [0.1, 0.15) is 5.69 Å². The van der Waals surface area contributed by atoms with Crippen LogP contribution >= 0.6 is 11.8 Å². The van der Waals surface area contributed by atoms with Crippen LogP contribution in [0, 0.1) is 20.2 Å². The fourth-order valence-electron chi connectivity index (χ4n) is 2.58. The molecule has 0 heterocycles. The molecule has 3 rings (SSSR count). The zero-order chi connectivity index (χ0) is 21.5. The normalized spacial score (nSPS) is 10.8. The lowest BCUT2D eigenvalue weighted by Crippen LogP contribution is -1.99. The lowest BCUT2D eigenvalue weighted by molar-refractivity contribution is -0.393. The van der Waals surface area contributed by atoms with Gasteiger partial charge in [-0.05, 0) is 23.8 Å². The molecule has 0 atom stereocenters. The minimum absolute atomic E-state index is 0.0395. The Morgan fingerprint density at radius 2 is 1.67 bits per heavy atom. The van der Waals surface area contributed by atoms with Crippen LogP contribution in [0.15, 0.2) is 81.6 Å². The SMILES string of the molecule is O=[N+]([O-])c1ccc(N/N=C/c2ccccc2Sc2ccccc2CO)c([N+](=O)[O-])c1. The Balaban J connectivity index is 1.83. The van der Waals surface area contributed by atoms with Gasteiger partial charge in [-0.25, -0.2) is 0 Å². The Morgan fingerprint density at radius 3 is 2.37 bits per heavy atom. The standard InChI is InChI=1S/C20H16N4O5S/c25-13-15-6-2-4-8-20(15)30-19-7-3-1-5-14(19)12-21-22-17-10-9-16(23(26)27)11-18(17)24(28)29/h1-12,22,25H,13H2/b21-12+. The summed E-state index contributed by atoms with van der Waals surface area (Å²) in [6.07, 6.45) is 1.51. The zero-order valence-electron chi connectivity index (χ0n) is 15.5. The summed E-state index contributed by atoms with van der Waals surface area (Å²) in [5.41, 5.74) is 3.36. The van der Waals surface area contributed by atoms with Crippen molar-refractivity contribution < 1.29 is 15.0 Å². The molecule has 152 valence electrons. The second kappa shape index (κ2) is 9.63. The summed E-state index contributed by atoms with van der Waals surface area (Å²) >= 11 is 1.46. The maximum atomic E-state index is 11.2. The molecule has 0 saturated carbocycles. The quantitative estimate of drug-likeness (QED) is 0.307. The predicted octanol–water partition coefficient (Wildman–Crippen LogP) is 4.59. The summed E-state index contributed by atoms with van der Waals surface area (Å²) in [7, 11) is 0. The third kappa shape index (κ3) is 4.99. The molecule has 0 aliphatic rings. The highest BCUT2D eigenvalue weighted by molar-refractivity contribution is 7.99. The van der Waals surface area contributed by atoms with E-state index in [1.54, 1.807) is 0 Å². The third-order valence-electron chi connectivity index (χ3n) is 4.06. The number of aliphatic hydroxyl groups excluding tert-OH is 1. The number of nitrogens with one attached hydrogen (secondary N) is 1. The molecule has 0 aliphatic carbocycles. The van der Waals surface area contributed by atoms with Gasteiger partial charge in [0.25, 0.3) is 5.69 Å². The van der Waals surface area contributed by atoms with Crippen LogP contribution < -0.4 is 5.43 Å². The van der Waals surface area contributed by atoms with Gasteiger partial charge in [-0.15, -0.1) is 0 Å². The summed E-state index contributed by atoms with van der Waals surface area (Å²) in [5.74, 6) is 0. The minimum atomic E-state index is -0.708. The van der Waals surface area contributed by atoms with E-state index in [1.165, 1.54) is 30.1 Å². The lowest BCUT2D eigenvalue weighted by atomic mass is 10.2. The highest BCUT2D eigenvalue weighted by Crippen LogP contribution is 2.32. The van der Waals surface area contributed by atoms with Crippen molar-refractivity contribution in [3.05, 3.63) is 98.1 Å². The highest BCUT2D eigenvalue weighted by atomic mass is 32.2. The number of nitrogens with zero attached hydrogens (tertiary/aromatic N) is 3. The van der Waals surface area contributed by atoms with E-state index in [-0.39, 0.29) is 18.0 Å². The molecule has 0 bridgehead atoms. The monoisotopic (exact) mass is 424 g/mol. The van der Waals surface area contributed by atoms with E-state index in [0.717, 1.165) is 27.0 Å². The van der Waals surface area contributed by atoms with E-state index < -0.39 is 15.5 Å². The van der Waals surface area contributed by atoms with Crippen LogP contribution in [0.3, 0.4) is 0 Å². The van der Waals surface area contributed by atoms with Gasteiger partial charge in [0.15, 0.2) is 0 Å². The number of rotatable bonds is 8. The first-order valence-electron chi connectivity index (χ1n) is 8.67. The highest BCUT2D eigenvalue weighted by Gasteiger charge is 2.19. The molecule has 0 aromatic heterocycles. The zero-order valence-corrected chi connectivity index (χ0v) is 16.3. The molecule has 0 spiro atoms. The van der Waals surface area contributed by atoms with Crippen LogP contribution in [-0.2, 0) is 6.61 Å². The molecule has 10 heteroatoms. The predicted molar refractivity (Wildman–Crippen MR) is 114 cm³/mol. The Bertz CT molecular complexity index is 1120. The number of hydrazone groups is 1. The van der Waals surface area contributed by atoms with Crippen molar-refractivity contribution in [2.75, 3.05) is 5.43 Å². The Hall–Kier alpha value is -3.76. The van der Waals surface area contributed by atoms with Gasteiger partial charge in [0.05, 0.1) is 28.7 Å². The van der Waals surface area contributed by atoms with Crippen molar-refractivity contribution in [2.45, 2.75) is 16.4 Å². The van der Waals surface area contributed by atoms with Gasteiger partial charge in [0, 0.05) is 21.4 Å². The van der Waals surface area contributed by atoms with Crippen molar-refractivity contribution in [1.29, 1.82) is 0 Å². The Labute approximate surface area is 175 Å². The molecular formula is C20H16N4O5S. The van der Waals surface area contributed by atoms with Gasteiger partial charge in [0.2, 0.25) is 0 Å². The fourth-order valence-corrected chi connectivity index (χ4v) is 3.62. The second-order valence-electron chi connectivity index (χ2n) is 5.99. The number of anilines is 1. The first kappa shape index (κ1) is 21.0. The number of aliphatic hydroxyl groups is 1. The van der Waals surface area contributed by atoms with E-state index in [2.05, 4.69) is 10.5 Å². The average Bonchev–Trinajstić information content (AvgIpc) is 2.75. The molecule has 3 aromatic rings. The fraction of sp³-hybridized carbons (Fsp3) is 0.0500. The number of nitro benzene ring substituents is 2. The van der Waals surface area contributed by atoms with E-state index in [1.807, 2.05) is 48.5 Å². The van der Waals surface area contributed by atoms with E-state index in [0.29, 0.717) is 0 Å². The average molecular weight is 424 g/mol. The molecule has 0 unspecified atom stereocenters. The van der Waals surface area contributed by atoms with Crippen LogP contribution in [0.4, 0.5) is 17.1 Å². The van der Waals surface area contributed by atoms with Crippen LogP contribution in [0.5, 0.6) is 0 Å². The number of non-ortho nitro benzene ring substituents is 1. The number of nitro groups is 2. The molecule has 9 nitrogen and oxygen atoms in total. The van der Waals surface area contributed by atoms with Crippen LogP contribution in [0.1, 0.15) is 11.1 Å². The minimum Gasteiger partial charge on any atom is -0.392 e. The first-order chi connectivity index (χ1) is 14.5. The lowest BCUT2D eigenvalue weighted by Gasteiger charge is -2.09. The molecule has 3 aromatic carbocycles. The summed E-state index contributed by atoms with van der Waals surface area (Å²) in [5, 5.41) is 35.6. The summed E-state index contributed by atoms with van der Waals surface area (Å²) in [6, 6.07) is 18.2. The van der Waals surface area contributed by atoms with Crippen LogP contribution in [0.2, 0.25) is 0 Å². The van der Waals surface area contributed by atoms with Crippen LogP contribution in [0.25, 0.3) is 0 Å². The summed E-state index contributed by atoms with van der Waals surface area (Å²) < 4.78 is 0. The second-order valence-corrected chi connectivity index (χ2v) is 7.08. The van der Waals surface area contributed by atoms with Crippen molar-refractivity contribution in [1.82, 2.24) is 0 Å². The van der Waals surface area contributed by atoms with E-state index in [4.69, 9.17) is 0 Å². The van der Waals surface area contributed by atoms with Crippen molar-refractivity contribution in [3.63, 3.8) is 0 Å². The van der Waals surface area contributed by atoms with Gasteiger partial charge in [-0.3, -0.25) is 25.7 Å². The molecule has 0 aliphatic heterocycles. The van der Waals surface area contributed by atoms with E-state index in [9.17, 15) is 25.3 Å². The van der Waals surface area contributed by atoms with Gasteiger partial charge in [-0.1, -0.05) is 48.2 Å². The molecule has 0 amide bonds. The first-order valence-corrected chi connectivity index (χ1v) is 9.49. The number of hydrogen-bond donors (Lipinski definition) is 2. The van der Waals surface area contributed by atoms with Crippen LogP contribution in [-0.4, -0.2) is 21.2 Å².